The Labute approximate surface area is 151 Å². The van der Waals surface area contributed by atoms with Crippen molar-refractivity contribution >= 4 is 15.7 Å². The number of hydrogen-bond acceptors (Lipinski definition) is 5. The molecule has 1 N–H and O–H groups in total. The second kappa shape index (κ2) is 6.87. The number of aromatic nitrogens is 2. The average Bonchev–Trinajstić information content (AvgIpc) is 3.07. The maximum Gasteiger partial charge on any atom is 0.262 e. The topological polar surface area (TPSA) is 85.1 Å². The van der Waals surface area contributed by atoms with Crippen LogP contribution in [0.2, 0.25) is 0 Å². The van der Waals surface area contributed by atoms with Crippen molar-refractivity contribution in [1.82, 2.24) is 10.1 Å². The molecule has 0 fully saturated rings. The van der Waals surface area contributed by atoms with Gasteiger partial charge in [0.1, 0.15) is 5.82 Å². The van der Waals surface area contributed by atoms with Crippen molar-refractivity contribution in [3.05, 3.63) is 59.2 Å². The molecule has 0 spiro atoms. The molecule has 0 atom stereocenters. The average molecular weight is 375 g/mol. The highest BCUT2D eigenvalue weighted by atomic mass is 32.2. The summed E-state index contributed by atoms with van der Waals surface area (Å²) in [5, 5.41) is 3.86. The van der Waals surface area contributed by atoms with Crippen molar-refractivity contribution in [3.63, 3.8) is 0 Å². The summed E-state index contributed by atoms with van der Waals surface area (Å²) in [5.41, 5.74) is 1.67. The number of aryl methyl sites for hydroxylation is 3. The Morgan fingerprint density at radius 2 is 1.85 bits per heavy atom. The Bertz CT molecular complexity index is 1060. The first-order valence-electron chi connectivity index (χ1n) is 8.02. The maximum absolute atomic E-state index is 13.7. The summed E-state index contributed by atoms with van der Waals surface area (Å²) in [6.07, 6.45) is 0.588. The van der Waals surface area contributed by atoms with Gasteiger partial charge in [0.05, 0.1) is 10.6 Å². The molecular formula is C18H18FN3O3S. The van der Waals surface area contributed by atoms with Gasteiger partial charge in [0, 0.05) is 12.0 Å². The molecule has 8 heteroatoms. The fraction of sp³-hybridized carbons (Fsp3) is 0.222. The summed E-state index contributed by atoms with van der Waals surface area (Å²) in [5.74, 6) is 0.312. The molecule has 0 aliphatic rings. The lowest BCUT2D eigenvalue weighted by Gasteiger charge is -2.12. The number of rotatable bonds is 5. The van der Waals surface area contributed by atoms with Gasteiger partial charge in [-0.2, -0.15) is 4.98 Å². The van der Waals surface area contributed by atoms with Crippen LogP contribution in [-0.2, 0) is 16.4 Å². The van der Waals surface area contributed by atoms with Gasteiger partial charge in [0.15, 0.2) is 0 Å². The van der Waals surface area contributed by atoms with Crippen molar-refractivity contribution in [1.29, 1.82) is 0 Å². The lowest BCUT2D eigenvalue weighted by Crippen LogP contribution is -2.14. The normalized spacial score (nSPS) is 11.5. The summed E-state index contributed by atoms with van der Waals surface area (Å²) in [4.78, 5) is 4.28. The highest BCUT2D eigenvalue weighted by molar-refractivity contribution is 7.92. The smallest absolute Gasteiger partial charge is 0.262 e. The standard InChI is InChI=1S/C18H18FN3O3S/c1-4-17-20-18(21-25-17)13-7-5-12(3)16(9-13)26(23,24)22-14-8-6-11(2)15(19)10-14/h5-10,22H,4H2,1-3H3. The van der Waals surface area contributed by atoms with Crippen molar-refractivity contribution < 1.29 is 17.3 Å². The third-order valence-electron chi connectivity index (χ3n) is 3.93. The minimum Gasteiger partial charge on any atom is -0.339 e. The Morgan fingerprint density at radius 1 is 1.12 bits per heavy atom. The van der Waals surface area contributed by atoms with Crippen molar-refractivity contribution in [2.75, 3.05) is 4.72 Å². The molecule has 6 nitrogen and oxygen atoms in total. The summed E-state index contributed by atoms with van der Waals surface area (Å²) in [6, 6.07) is 9.06. The van der Waals surface area contributed by atoms with Crippen LogP contribution in [-0.4, -0.2) is 18.6 Å². The monoisotopic (exact) mass is 375 g/mol. The van der Waals surface area contributed by atoms with Crippen LogP contribution in [0.3, 0.4) is 0 Å². The summed E-state index contributed by atoms with van der Waals surface area (Å²) < 4.78 is 46.7. The van der Waals surface area contributed by atoms with Gasteiger partial charge in [-0.1, -0.05) is 30.3 Å². The van der Waals surface area contributed by atoms with E-state index in [9.17, 15) is 12.8 Å². The van der Waals surface area contributed by atoms with Gasteiger partial charge in [-0.15, -0.1) is 0 Å². The molecule has 0 saturated carbocycles. The number of nitrogens with zero attached hydrogens (tertiary/aromatic N) is 2. The van der Waals surface area contributed by atoms with Gasteiger partial charge < -0.3 is 4.52 Å². The molecule has 136 valence electrons. The van der Waals surface area contributed by atoms with E-state index in [1.807, 2.05) is 6.92 Å². The van der Waals surface area contributed by atoms with Gasteiger partial charge in [-0.3, -0.25) is 4.72 Å². The fourth-order valence-corrected chi connectivity index (χ4v) is 3.73. The molecule has 0 radical (unpaired) electrons. The van der Waals surface area contributed by atoms with E-state index in [1.54, 1.807) is 26.0 Å². The molecular weight excluding hydrogens is 357 g/mol. The van der Waals surface area contributed by atoms with E-state index < -0.39 is 15.8 Å². The first-order valence-corrected chi connectivity index (χ1v) is 9.51. The van der Waals surface area contributed by atoms with Gasteiger partial charge in [-0.05, 0) is 43.2 Å². The molecule has 0 aliphatic carbocycles. The van der Waals surface area contributed by atoms with Crippen LogP contribution in [0.4, 0.5) is 10.1 Å². The first kappa shape index (κ1) is 18.1. The Morgan fingerprint density at radius 3 is 2.50 bits per heavy atom. The zero-order chi connectivity index (χ0) is 18.9. The van der Waals surface area contributed by atoms with Gasteiger partial charge in [0.25, 0.3) is 10.0 Å². The Balaban J connectivity index is 1.98. The van der Waals surface area contributed by atoms with E-state index >= 15 is 0 Å². The lowest BCUT2D eigenvalue weighted by atomic mass is 10.1. The SMILES string of the molecule is CCc1nc(-c2ccc(C)c(S(=O)(=O)Nc3ccc(C)c(F)c3)c2)no1. The first-order chi connectivity index (χ1) is 12.3. The van der Waals surface area contributed by atoms with Crippen molar-refractivity contribution in [3.8, 4) is 11.4 Å². The summed E-state index contributed by atoms with van der Waals surface area (Å²) in [7, 11) is -3.91. The largest absolute Gasteiger partial charge is 0.339 e. The Kier molecular flexibility index (Phi) is 4.78. The second-order valence-electron chi connectivity index (χ2n) is 5.92. The summed E-state index contributed by atoms with van der Waals surface area (Å²) >= 11 is 0. The predicted molar refractivity (Wildman–Crippen MR) is 95.8 cm³/mol. The van der Waals surface area contributed by atoms with E-state index in [-0.39, 0.29) is 10.6 Å². The molecule has 0 bridgehead atoms. The van der Waals surface area contributed by atoms with E-state index in [0.717, 1.165) is 6.07 Å². The van der Waals surface area contributed by atoms with Crippen LogP contribution < -0.4 is 4.72 Å². The van der Waals surface area contributed by atoms with Crippen LogP contribution in [0.15, 0.2) is 45.8 Å². The molecule has 0 saturated heterocycles. The van der Waals surface area contributed by atoms with E-state index in [2.05, 4.69) is 14.9 Å². The van der Waals surface area contributed by atoms with E-state index in [0.29, 0.717) is 34.8 Å². The van der Waals surface area contributed by atoms with Crippen LogP contribution >= 0.6 is 0 Å². The molecule has 1 aromatic heterocycles. The number of sulfonamides is 1. The van der Waals surface area contributed by atoms with Crippen molar-refractivity contribution in [2.45, 2.75) is 32.1 Å². The third kappa shape index (κ3) is 3.60. The summed E-state index contributed by atoms with van der Waals surface area (Å²) in [6.45, 7) is 5.17. The number of nitrogens with one attached hydrogen (secondary N) is 1. The number of anilines is 1. The van der Waals surface area contributed by atoms with Crippen molar-refractivity contribution in [2.24, 2.45) is 0 Å². The quantitative estimate of drug-likeness (QED) is 0.732. The van der Waals surface area contributed by atoms with Crippen LogP contribution in [0.1, 0.15) is 23.9 Å². The minimum absolute atomic E-state index is 0.0684. The minimum atomic E-state index is -3.91. The van der Waals surface area contributed by atoms with E-state index in [1.165, 1.54) is 18.2 Å². The molecule has 2 aromatic carbocycles. The fourth-order valence-electron chi connectivity index (χ4n) is 2.41. The highest BCUT2D eigenvalue weighted by Crippen LogP contribution is 2.25. The zero-order valence-electron chi connectivity index (χ0n) is 14.6. The molecule has 3 aromatic rings. The Hall–Kier alpha value is -2.74. The molecule has 1 heterocycles. The molecule has 26 heavy (non-hydrogen) atoms. The van der Waals surface area contributed by atoms with E-state index in [4.69, 9.17) is 4.52 Å². The molecule has 3 rings (SSSR count). The predicted octanol–water partition coefficient (Wildman–Crippen LogP) is 3.86. The molecule has 0 unspecified atom stereocenters. The molecule has 0 amide bonds. The second-order valence-corrected chi connectivity index (χ2v) is 7.57. The van der Waals surface area contributed by atoms with Gasteiger partial charge in [-0.25, -0.2) is 12.8 Å². The molecule has 0 aliphatic heterocycles. The van der Waals surface area contributed by atoms with Crippen LogP contribution in [0.5, 0.6) is 0 Å². The zero-order valence-corrected chi connectivity index (χ0v) is 15.4. The maximum atomic E-state index is 13.7. The third-order valence-corrected chi connectivity index (χ3v) is 5.45. The highest BCUT2D eigenvalue weighted by Gasteiger charge is 2.20. The number of benzene rings is 2. The van der Waals surface area contributed by atoms with Crippen LogP contribution in [0.25, 0.3) is 11.4 Å². The number of halogens is 1. The van der Waals surface area contributed by atoms with Crippen LogP contribution in [0, 0.1) is 19.7 Å². The van der Waals surface area contributed by atoms with Gasteiger partial charge >= 0.3 is 0 Å². The lowest BCUT2D eigenvalue weighted by molar-refractivity contribution is 0.383. The van der Waals surface area contributed by atoms with Gasteiger partial charge in [0.2, 0.25) is 11.7 Å². The number of hydrogen-bond donors (Lipinski definition) is 1.